The number of nitrogens with zero attached hydrogens (tertiary/aromatic N) is 3. The number of hydrogen-bond acceptors (Lipinski definition) is 3. The Balaban J connectivity index is 1.18. The predicted molar refractivity (Wildman–Crippen MR) is 119 cm³/mol. The summed E-state index contributed by atoms with van der Waals surface area (Å²) in [5, 5.41) is 5.90. The highest BCUT2D eigenvalue weighted by molar-refractivity contribution is 5.74. The molecule has 1 aliphatic heterocycles. The molecule has 2 amide bonds. The van der Waals surface area contributed by atoms with Crippen LogP contribution in [0.2, 0.25) is 0 Å². The normalized spacial score (nSPS) is 15.2. The number of aromatic amines is 1. The Morgan fingerprint density at radius 1 is 1.21 bits per heavy atom. The lowest BCUT2D eigenvalue weighted by atomic mass is 10.1. The van der Waals surface area contributed by atoms with E-state index in [4.69, 9.17) is 0 Å². The zero-order chi connectivity index (χ0) is 22.8. The van der Waals surface area contributed by atoms with Crippen molar-refractivity contribution in [1.82, 2.24) is 30.2 Å². The quantitative estimate of drug-likeness (QED) is 0.431. The molecule has 0 saturated heterocycles. The van der Waals surface area contributed by atoms with E-state index in [1.54, 1.807) is 18.6 Å². The van der Waals surface area contributed by atoms with Gasteiger partial charge in [0.1, 0.15) is 23.3 Å². The molecule has 0 fully saturated rings. The van der Waals surface area contributed by atoms with Gasteiger partial charge in [-0.15, -0.1) is 0 Å². The van der Waals surface area contributed by atoms with Crippen LogP contribution in [0.25, 0.3) is 22.6 Å². The Morgan fingerprint density at radius 3 is 2.94 bits per heavy atom. The highest BCUT2D eigenvalue weighted by Gasteiger charge is 2.23. The smallest absolute Gasteiger partial charge is 0.315 e. The number of aryl methyl sites for hydroxylation is 1. The maximum absolute atomic E-state index is 14.1. The minimum atomic E-state index is -0.643. The van der Waals surface area contributed by atoms with E-state index in [2.05, 4.69) is 25.6 Å². The van der Waals surface area contributed by atoms with Gasteiger partial charge in [0.05, 0.1) is 5.69 Å². The fourth-order valence-corrected chi connectivity index (χ4v) is 4.06. The average molecular weight is 448 g/mol. The maximum atomic E-state index is 14.1. The van der Waals surface area contributed by atoms with Gasteiger partial charge in [0.2, 0.25) is 0 Å². The molecule has 1 atom stereocenters. The molecule has 1 aliphatic rings. The number of carbonyl (C=O) groups is 1. The van der Waals surface area contributed by atoms with E-state index in [0.717, 1.165) is 35.3 Å². The van der Waals surface area contributed by atoms with Gasteiger partial charge in [-0.25, -0.2) is 23.5 Å². The second-order valence-electron chi connectivity index (χ2n) is 8.02. The molecule has 7 nitrogen and oxygen atoms in total. The third-order valence-corrected chi connectivity index (χ3v) is 5.69. The topological polar surface area (TPSA) is 87.6 Å². The first-order chi connectivity index (χ1) is 16.0. The summed E-state index contributed by atoms with van der Waals surface area (Å²) in [6.07, 6.45) is 6.59. The molecule has 3 N–H and O–H groups in total. The third kappa shape index (κ3) is 4.62. The van der Waals surface area contributed by atoms with Gasteiger partial charge in [-0.3, -0.25) is 0 Å². The molecule has 9 heteroatoms. The number of hydrogen-bond donors (Lipinski definition) is 3. The van der Waals surface area contributed by atoms with Crippen LogP contribution in [0.1, 0.15) is 17.8 Å². The SMILES string of the molecule is O=C(NCc1cccc(-c2ncc[nH]2)c1)NC1CCc2nc(-c3ccc(F)cc3F)cn2C1. The Bertz CT molecular complexity index is 1280. The van der Waals surface area contributed by atoms with Gasteiger partial charge in [0, 0.05) is 61.3 Å². The van der Waals surface area contributed by atoms with Crippen molar-refractivity contribution in [2.24, 2.45) is 0 Å². The number of benzene rings is 2. The monoisotopic (exact) mass is 448 g/mol. The van der Waals surface area contributed by atoms with Gasteiger partial charge in [-0.1, -0.05) is 18.2 Å². The standard InChI is InChI=1S/C24H22F2N6O/c25-17-4-6-19(20(26)11-17)21-14-32-13-18(5-7-22(32)31-21)30-24(33)29-12-15-2-1-3-16(10-15)23-27-8-9-28-23/h1-4,6,8-11,14,18H,5,7,12-13H2,(H,27,28)(H2,29,30,33). The summed E-state index contributed by atoms with van der Waals surface area (Å²) >= 11 is 0. The van der Waals surface area contributed by atoms with Crippen molar-refractivity contribution in [3.63, 3.8) is 0 Å². The van der Waals surface area contributed by atoms with Crippen molar-refractivity contribution in [3.05, 3.63) is 84.1 Å². The molecule has 0 bridgehead atoms. The summed E-state index contributed by atoms with van der Waals surface area (Å²) in [6.45, 7) is 0.921. The zero-order valence-corrected chi connectivity index (χ0v) is 17.7. The number of H-pyrrole nitrogens is 1. The Hall–Kier alpha value is -4.01. The number of fused-ring (bicyclic) bond motifs is 1. The molecule has 4 aromatic rings. The Kier molecular flexibility index (Phi) is 5.60. The fourth-order valence-electron chi connectivity index (χ4n) is 4.06. The molecule has 168 valence electrons. The van der Waals surface area contributed by atoms with Gasteiger partial charge in [-0.05, 0) is 30.2 Å². The third-order valence-electron chi connectivity index (χ3n) is 5.69. The highest BCUT2D eigenvalue weighted by Crippen LogP contribution is 2.25. The molecule has 33 heavy (non-hydrogen) atoms. The van der Waals surface area contributed by atoms with E-state index < -0.39 is 11.6 Å². The van der Waals surface area contributed by atoms with Crippen molar-refractivity contribution in [3.8, 4) is 22.6 Å². The second kappa shape index (κ2) is 8.85. The van der Waals surface area contributed by atoms with Gasteiger partial charge < -0.3 is 20.2 Å². The summed E-state index contributed by atoms with van der Waals surface area (Å²) < 4.78 is 29.2. The van der Waals surface area contributed by atoms with E-state index in [1.807, 2.05) is 28.8 Å². The summed E-state index contributed by atoms with van der Waals surface area (Å²) in [5.41, 5.74) is 2.64. The van der Waals surface area contributed by atoms with Crippen molar-refractivity contribution in [2.45, 2.75) is 32.0 Å². The predicted octanol–water partition coefficient (Wildman–Crippen LogP) is 4.03. The molecule has 3 heterocycles. The minimum absolute atomic E-state index is 0.0768. The molecular weight excluding hydrogens is 426 g/mol. The number of amides is 2. The lowest BCUT2D eigenvalue weighted by molar-refractivity contribution is 0.232. The van der Waals surface area contributed by atoms with Gasteiger partial charge >= 0.3 is 6.03 Å². The summed E-state index contributed by atoms with van der Waals surface area (Å²) in [7, 11) is 0. The first-order valence-corrected chi connectivity index (χ1v) is 10.7. The van der Waals surface area contributed by atoms with Crippen molar-refractivity contribution < 1.29 is 13.6 Å². The number of aromatic nitrogens is 4. The second-order valence-corrected chi connectivity index (χ2v) is 8.02. The van der Waals surface area contributed by atoms with E-state index in [0.29, 0.717) is 25.2 Å². The van der Waals surface area contributed by atoms with Gasteiger partial charge in [-0.2, -0.15) is 0 Å². The first kappa shape index (κ1) is 20.9. The average Bonchev–Trinajstić information content (AvgIpc) is 3.48. The lowest BCUT2D eigenvalue weighted by Gasteiger charge is -2.24. The first-order valence-electron chi connectivity index (χ1n) is 10.7. The van der Waals surface area contributed by atoms with Crippen LogP contribution in [0.15, 0.2) is 61.1 Å². The van der Waals surface area contributed by atoms with Crippen LogP contribution in [0.3, 0.4) is 0 Å². The number of imidazole rings is 2. The molecule has 0 saturated carbocycles. The highest BCUT2D eigenvalue weighted by atomic mass is 19.1. The van der Waals surface area contributed by atoms with Crippen molar-refractivity contribution in [2.75, 3.05) is 0 Å². The molecule has 0 aliphatic carbocycles. The summed E-state index contributed by atoms with van der Waals surface area (Å²) in [4.78, 5) is 24.3. The van der Waals surface area contributed by atoms with Gasteiger partial charge in [0.25, 0.3) is 0 Å². The fraction of sp³-hybridized carbons (Fsp3) is 0.208. The summed E-state index contributed by atoms with van der Waals surface area (Å²) in [5.74, 6) is 0.334. The molecule has 2 aromatic carbocycles. The van der Waals surface area contributed by atoms with Crippen LogP contribution < -0.4 is 10.6 Å². The Labute approximate surface area is 188 Å². The largest absolute Gasteiger partial charge is 0.345 e. The van der Waals surface area contributed by atoms with Crippen LogP contribution in [0, 0.1) is 11.6 Å². The van der Waals surface area contributed by atoms with E-state index in [9.17, 15) is 13.6 Å². The number of urea groups is 1. The van der Waals surface area contributed by atoms with Crippen molar-refractivity contribution in [1.29, 1.82) is 0 Å². The maximum Gasteiger partial charge on any atom is 0.315 e. The van der Waals surface area contributed by atoms with Crippen LogP contribution in [-0.4, -0.2) is 31.6 Å². The van der Waals surface area contributed by atoms with E-state index >= 15 is 0 Å². The zero-order valence-electron chi connectivity index (χ0n) is 17.7. The van der Waals surface area contributed by atoms with Crippen LogP contribution >= 0.6 is 0 Å². The van der Waals surface area contributed by atoms with Crippen molar-refractivity contribution >= 4 is 6.03 Å². The number of carbonyl (C=O) groups excluding carboxylic acids is 1. The number of halogens is 2. The van der Waals surface area contributed by atoms with E-state index in [-0.39, 0.29) is 17.6 Å². The molecule has 2 aromatic heterocycles. The Morgan fingerprint density at radius 2 is 2.12 bits per heavy atom. The molecular formula is C24H22F2N6O. The molecule has 0 radical (unpaired) electrons. The number of nitrogens with one attached hydrogen (secondary N) is 3. The van der Waals surface area contributed by atoms with E-state index in [1.165, 1.54) is 12.1 Å². The molecule has 0 spiro atoms. The summed E-state index contributed by atoms with van der Waals surface area (Å²) in [6, 6.07) is 10.9. The van der Waals surface area contributed by atoms with Crippen LogP contribution in [0.5, 0.6) is 0 Å². The molecule has 1 unspecified atom stereocenters. The number of rotatable bonds is 5. The lowest BCUT2D eigenvalue weighted by Crippen LogP contribution is -2.45. The van der Waals surface area contributed by atoms with Gasteiger partial charge in [0.15, 0.2) is 0 Å². The molecule has 5 rings (SSSR count). The minimum Gasteiger partial charge on any atom is -0.345 e. The van der Waals surface area contributed by atoms with Crippen LogP contribution in [0.4, 0.5) is 13.6 Å². The van der Waals surface area contributed by atoms with Crippen LogP contribution in [-0.2, 0) is 19.5 Å².